The number of hydrogen-bond acceptors (Lipinski definition) is 2. The zero-order chi connectivity index (χ0) is 13.4. The van der Waals surface area contributed by atoms with Gasteiger partial charge in [-0.2, -0.15) is 0 Å². The molecule has 0 heterocycles. The topological polar surface area (TPSA) is 37.3 Å². The van der Waals surface area contributed by atoms with E-state index in [2.05, 4.69) is 41.5 Å². The van der Waals surface area contributed by atoms with Gasteiger partial charge in [0.15, 0.2) is 0 Å². The van der Waals surface area contributed by atoms with Gasteiger partial charge in [-0.1, -0.05) is 55.4 Å². The summed E-state index contributed by atoms with van der Waals surface area (Å²) in [5.41, 5.74) is 0.0741. The van der Waals surface area contributed by atoms with Gasteiger partial charge < -0.3 is 9.59 Å². The highest BCUT2D eigenvalue weighted by Crippen LogP contribution is 2.56. The van der Waals surface area contributed by atoms with Crippen LogP contribution in [0.1, 0.15) is 55.4 Å². The van der Waals surface area contributed by atoms with Gasteiger partial charge in [0.05, 0.1) is 0 Å². The van der Waals surface area contributed by atoms with Gasteiger partial charge in [-0.05, 0) is 15.6 Å². The van der Waals surface area contributed by atoms with Crippen molar-refractivity contribution in [2.45, 2.75) is 71.0 Å². The molecule has 0 aromatic heterocycles. The largest absolute Gasteiger partial charge is 0.430 e. The molecule has 3 heteroatoms. The third-order valence-corrected chi connectivity index (χ3v) is 10.4. The van der Waals surface area contributed by atoms with E-state index >= 15 is 0 Å². The second-order valence-corrected chi connectivity index (χ2v) is 12.5. The monoisotopic (exact) mass is 244 g/mol. The second kappa shape index (κ2) is 4.61. The molecule has 0 bridgehead atoms. The minimum atomic E-state index is -2.57. The Bertz CT molecular complexity index is 234. The molecular formula is C13H28O2Si. The summed E-state index contributed by atoms with van der Waals surface area (Å²) in [4.78, 5) is 22.2. The first-order valence-electron chi connectivity index (χ1n) is 6.07. The lowest BCUT2D eigenvalue weighted by Gasteiger charge is -2.51. The van der Waals surface area contributed by atoms with Crippen LogP contribution in [0.4, 0.5) is 0 Å². The lowest BCUT2D eigenvalue weighted by atomic mass is 10.1. The summed E-state index contributed by atoms with van der Waals surface area (Å²) in [6, 6.07) is 0. The van der Waals surface area contributed by atoms with Crippen LogP contribution in [0.3, 0.4) is 0 Å². The average Bonchev–Trinajstić information content (AvgIpc) is 2.10. The summed E-state index contributed by atoms with van der Waals surface area (Å²) >= 11 is 0. The molecular weight excluding hydrogens is 216 g/mol. The lowest BCUT2D eigenvalue weighted by molar-refractivity contribution is -0.110. The van der Waals surface area contributed by atoms with Gasteiger partial charge >= 0.3 is 0 Å². The zero-order valence-electron chi connectivity index (χ0n) is 12.1. The Morgan fingerprint density at radius 1 is 1.00 bits per heavy atom. The Morgan fingerprint density at radius 2 is 1.31 bits per heavy atom. The van der Waals surface area contributed by atoms with Crippen molar-refractivity contribution in [2.24, 2.45) is 5.92 Å². The molecule has 0 saturated heterocycles. The van der Waals surface area contributed by atoms with Crippen LogP contribution in [0, 0.1) is 5.92 Å². The summed E-state index contributed by atoms with van der Waals surface area (Å²) in [6.07, 6.45) is 0.972. The van der Waals surface area contributed by atoms with Crippen molar-refractivity contribution in [1.82, 2.24) is 0 Å². The fraction of sp³-hybridized carbons (Fsp3) is 0.923. The quantitative estimate of drug-likeness (QED) is 0.606. The maximum Gasteiger partial charge on any atom is 0.202 e. The molecule has 0 unspecified atom stereocenters. The molecule has 0 radical (unpaired) electrons. The first kappa shape index (κ1) is 15.8. The number of aldehydes is 1. The minimum Gasteiger partial charge on any atom is -0.430 e. The molecule has 0 aromatic carbocycles. The highest BCUT2D eigenvalue weighted by molar-refractivity contribution is 6.79. The maximum absolute atomic E-state index is 11.2. The van der Waals surface area contributed by atoms with Gasteiger partial charge in [-0.25, -0.2) is 0 Å². The van der Waals surface area contributed by atoms with Gasteiger partial charge in [0.2, 0.25) is 8.32 Å². The molecule has 1 N–H and O–H groups in total. The Labute approximate surface area is 102 Å². The molecule has 0 spiro atoms. The van der Waals surface area contributed by atoms with Crippen LogP contribution in [0.5, 0.6) is 0 Å². The molecule has 0 saturated carbocycles. The molecule has 0 aliphatic heterocycles. The molecule has 96 valence electrons. The third kappa shape index (κ3) is 2.57. The molecule has 0 aromatic rings. The van der Waals surface area contributed by atoms with Gasteiger partial charge in [-0.3, -0.25) is 0 Å². The average molecular weight is 244 g/mol. The number of rotatable bonds is 3. The van der Waals surface area contributed by atoms with Crippen LogP contribution in [0.15, 0.2) is 0 Å². The van der Waals surface area contributed by atoms with E-state index in [1.807, 2.05) is 13.8 Å². The van der Waals surface area contributed by atoms with Crippen LogP contribution in [-0.2, 0) is 4.79 Å². The summed E-state index contributed by atoms with van der Waals surface area (Å²) in [7, 11) is -2.57. The Balaban J connectivity index is 5.52. The van der Waals surface area contributed by atoms with Gasteiger partial charge in [0.1, 0.15) is 6.29 Å². The fourth-order valence-electron chi connectivity index (χ4n) is 2.99. The van der Waals surface area contributed by atoms with Crippen LogP contribution in [0.25, 0.3) is 0 Å². The molecule has 0 amide bonds. The van der Waals surface area contributed by atoms with E-state index in [9.17, 15) is 9.59 Å². The van der Waals surface area contributed by atoms with E-state index in [4.69, 9.17) is 0 Å². The van der Waals surface area contributed by atoms with E-state index < -0.39 is 8.32 Å². The van der Waals surface area contributed by atoms with E-state index in [-0.39, 0.29) is 21.5 Å². The van der Waals surface area contributed by atoms with Crippen LogP contribution >= 0.6 is 0 Å². The first-order chi connectivity index (χ1) is 6.89. The summed E-state index contributed by atoms with van der Waals surface area (Å²) in [5, 5.41) is -0.246. The van der Waals surface area contributed by atoms with Crippen molar-refractivity contribution < 1.29 is 9.59 Å². The van der Waals surface area contributed by atoms with Crippen LogP contribution < -0.4 is 0 Å². The van der Waals surface area contributed by atoms with Gasteiger partial charge in [-0.15, -0.1) is 0 Å². The van der Waals surface area contributed by atoms with E-state index in [0.29, 0.717) is 0 Å². The number of carbonyl (C=O) groups excluding carboxylic acids is 1. The van der Waals surface area contributed by atoms with Crippen molar-refractivity contribution in [3.8, 4) is 0 Å². The number of hydrogen-bond donors (Lipinski definition) is 1. The zero-order valence-corrected chi connectivity index (χ0v) is 13.1. The smallest absolute Gasteiger partial charge is 0.202 e. The van der Waals surface area contributed by atoms with Gasteiger partial charge in [0.25, 0.3) is 0 Å². The molecule has 0 fully saturated rings. The SMILES string of the molecule is C[C@H]([C@@H](C)C=O)[Si](O)(C(C)(C)C)C(C)(C)C. The summed E-state index contributed by atoms with van der Waals surface area (Å²) in [6.45, 7) is 16.5. The van der Waals surface area contributed by atoms with E-state index in [0.717, 1.165) is 6.29 Å². The van der Waals surface area contributed by atoms with Crippen molar-refractivity contribution in [2.75, 3.05) is 0 Å². The predicted octanol–water partition coefficient (Wildman–Crippen LogP) is 3.75. The molecule has 0 aliphatic rings. The van der Waals surface area contributed by atoms with Gasteiger partial charge in [0, 0.05) is 5.92 Å². The van der Waals surface area contributed by atoms with Crippen molar-refractivity contribution in [1.29, 1.82) is 0 Å². The highest BCUT2D eigenvalue weighted by Gasteiger charge is 2.56. The van der Waals surface area contributed by atoms with E-state index in [1.54, 1.807) is 0 Å². The lowest BCUT2D eigenvalue weighted by Crippen LogP contribution is -2.56. The van der Waals surface area contributed by atoms with E-state index in [1.165, 1.54) is 0 Å². The number of carbonyl (C=O) groups is 1. The standard InChI is InChI=1S/C13H28O2Si/c1-10(9-14)11(2)16(15,12(3,4)5)13(6,7)8/h9-11,15H,1-8H3/t10-,11+/m0/s1. The van der Waals surface area contributed by atoms with Crippen LogP contribution in [-0.4, -0.2) is 19.4 Å². The van der Waals surface area contributed by atoms with Crippen molar-refractivity contribution in [3.63, 3.8) is 0 Å². The second-order valence-electron chi connectivity index (χ2n) is 7.05. The molecule has 16 heavy (non-hydrogen) atoms. The highest BCUT2D eigenvalue weighted by atomic mass is 28.4. The Hall–Kier alpha value is -0.153. The van der Waals surface area contributed by atoms with Crippen molar-refractivity contribution >= 4 is 14.6 Å². The van der Waals surface area contributed by atoms with Crippen LogP contribution in [0.2, 0.25) is 15.6 Å². The molecule has 2 atom stereocenters. The molecule has 2 nitrogen and oxygen atoms in total. The summed E-state index contributed by atoms with van der Waals surface area (Å²) < 4.78 is 0. The first-order valence-corrected chi connectivity index (χ1v) is 8.09. The molecule has 0 aliphatic carbocycles. The van der Waals surface area contributed by atoms with Crippen molar-refractivity contribution in [3.05, 3.63) is 0 Å². The predicted molar refractivity (Wildman–Crippen MR) is 72.1 cm³/mol. The Kier molecular flexibility index (Phi) is 4.57. The maximum atomic E-state index is 11.2. The Morgan fingerprint density at radius 3 is 1.50 bits per heavy atom. The normalized spacial score (nSPS) is 18.1. The fourth-order valence-corrected chi connectivity index (χ4v) is 8.81. The summed E-state index contributed by atoms with van der Waals surface area (Å²) in [5.74, 6) is -0.0740. The molecule has 0 rings (SSSR count). The minimum absolute atomic E-state index is 0.0740. The third-order valence-electron chi connectivity index (χ3n) is 3.95.